The quantitative estimate of drug-likeness (QED) is 0.872. The fraction of sp³-hybridized carbons (Fsp3) is 0.600. The van der Waals surface area contributed by atoms with Gasteiger partial charge >= 0.3 is 0 Å². The molecule has 2 heterocycles. The topological polar surface area (TPSA) is 82.2 Å². The van der Waals surface area contributed by atoms with E-state index in [1.807, 2.05) is 5.38 Å². The van der Waals surface area contributed by atoms with Crippen molar-refractivity contribution in [3.05, 3.63) is 17.0 Å². The minimum atomic E-state index is -0.0673. The smallest absolute Gasteiger partial charge is 0.239 e. The number of thiophene rings is 1. The van der Waals surface area contributed by atoms with E-state index in [1.54, 1.807) is 6.07 Å². The minimum Gasteiger partial charge on any atom is -0.329 e. The lowest BCUT2D eigenvalue weighted by atomic mass is 9.89. The molecule has 0 saturated carbocycles. The van der Waals surface area contributed by atoms with E-state index in [-0.39, 0.29) is 11.9 Å². The van der Waals surface area contributed by atoms with Gasteiger partial charge in [-0.15, -0.1) is 11.3 Å². The molecule has 6 heteroatoms. The molecule has 0 aliphatic carbocycles. The summed E-state index contributed by atoms with van der Waals surface area (Å²) < 4.78 is 0. The molecule has 1 aromatic heterocycles. The zero-order valence-corrected chi connectivity index (χ0v) is 13.2. The van der Waals surface area contributed by atoms with Gasteiger partial charge in [0, 0.05) is 12.6 Å². The molecule has 0 radical (unpaired) electrons. The summed E-state index contributed by atoms with van der Waals surface area (Å²) in [6.07, 6.45) is 3.38. The maximum Gasteiger partial charge on any atom is 0.239 e. The molecular weight excluding hydrogens is 284 g/mol. The number of amides is 1. The highest BCUT2D eigenvalue weighted by Gasteiger charge is 2.28. The molecular formula is C15H22N4OS. The zero-order valence-electron chi connectivity index (χ0n) is 12.3. The van der Waals surface area contributed by atoms with Crippen molar-refractivity contribution < 1.29 is 4.79 Å². The maximum absolute atomic E-state index is 12.2. The highest BCUT2D eigenvalue weighted by Crippen LogP contribution is 2.25. The van der Waals surface area contributed by atoms with Crippen LogP contribution in [0.2, 0.25) is 0 Å². The Hall–Kier alpha value is -1.42. The molecule has 1 fully saturated rings. The van der Waals surface area contributed by atoms with Crippen molar-refractivity contribution in [1.29, 1.82) is 5.26 Å². The number of likely N-dealkylation sites (tertiary alicyclic amines) is 1. The normalized spacial score (nSPS) is 22.7. The number of nitrogens with two attached hydrogens (primary N) is 1. The standard InChI is InChI=1S/C15H22N4OS/c1-2-11-3-5-19(13(7-11)9-17)10-14(20)18-15-12(8-16)4-6-21-15/h4,6,11,13H,2-3,5,7,9-10,17H2,1H3,(H,18,20). The van der Waals surface area contributed by atoms with Crippen LogP contribution in [-0.4, -0.2) is 36.5 Å². The molecule has 3 N–H and O–H groups in total. The second-order valence-corrected chi connectivity index (χ2v) is 6.40. The van der Waals surface area contributed by atoms with Crippen LogP contribution in [0, 0.1) is 17.2 Å². The van der Waals surface area contributed by atoms with E-state index in [2.05, 4.69) is 23.2 Å². The van der Waals surface area contributed by atoms with Gasteiger partial charge < -0.3 is 11.1 Å². The molecule has 0 aromatic carbocycles. The van der Waals surface area contributed by atoms with Crippen molar-refractivity contribution in [2.75, 3.05) is 25.0 Å². The van der Waals surface area contributed by atoms with Crippen LogP contribution in [0.5, 0.6) is 0 Å². The number of rotatable bonds is 5. The Morgan fingerprint density at radius 2 is 2.48 bits per heavy atom. The molecule has 0 spiro atoms. The summed E-state index contributed by atoms with van der Waals surface area (Å²) in [7, 11) is 0. The van der Waals surface area contributed by atoms with Crippen molar-refractivity contribution in [1.82, 2.24) is 4.90 Å². The van der Waals surface area contributed by atoms with Gasteiger partial charge in [0.05, 0.1) is 12.1 Å². The van der Waals surface area contributed by atoms with Gasteiger partial charge in [-0.3, -0.25) is 9.69 Å². The third kappa shape index (κ3) is 4.03. The van der Waals surface area contributed by atoms with Gasteiger partial charge in [-0.1, -0.05) is 13.3 Å². The predicted molar refractivity (Wildman–Crippen MR) is 85.1 cm³/mol. The SMILES string of the molecule is CCC1CCN(CC(=O)Nc2sccc2C#N)C(CN)C1. The fourth-order valence-electron chi connectivity index (χ4n) is 2.85. The van der Waals surface area contributed by atoms with E-state index in [1.165, 1.54) is 17.8 Å². The van der Waals surface area contributed by atoms with Crippen LogP contribution in [0.1, 0.15) is 31.7 Å². The number of nitrogens with one attached hydrogen (secondary N) is 1. The Bertz CT molecular complexity index is 522. The summed E-state index contributed by atoms with van der Waals surface area (Å²) in [5, 5.41) is 14.2. The first-order valence-electron chi connectivity index (χ1n) is 7.39. The first-order chi connectivity index (χ1) is 10.2. The summed E-state index contributed by atoms with van der Waals surface area (Å²) in [5.41, 5.74) is 6.38. The van der Waals surface area contributed by atoms with E-state index in [9.17, 15) is 4.79 Å². The number of carbonyl (C=O) groups excluding carboxylic acids is 1. The van der Waals surface area contributed by atoms with Crippen molar-refractivity contribution >= 4 is 22.2 Å². The Labute approximate surface area is 129 Å². The van der Waals surface area contributed by atoms with E-state index in [0.717, 1.165) is 25.3 Å². The fourth-order valence-corrected chi connectivity index (χ4v) is 3.61. The van der Waals surface area contributed by atoms with Gasteiger partial charge in [-0.2, -0.15) is 5.26 Å². The Kier molecular flexibility index (Phi) is 5.74. The van der Waals surface area contributed by atoms with Crippen LogP contribution in [-0.2, 0) is 4.79 Å². The van der Waals surface area contributed by atoms with Crippen LogP contribution in [0.25, 0.3) is 0 Å². The molecule has 1 aliphatic heterocycles. The lowest BCUT2D eigenvalue weighted by molar-refractivity contribution is -0.118. The second-order valence-electron chi connectivity index (χ2n) is 5.48. The molecule has 1 saturated heterocycles. The average molecular weight is 306 g/mol. The van der Waals surface area contributed by atoms with E-state index in [0.29, 0.717) is 23.7 Å². The summed E-state index contributed by atoms with van der Waals surface area (Å²) in [5.74, 6) is 0.655. The molecule has 5 nitrogen and oxygen atoms in total. The average Bonchev–Trinajstić information content (AvgIpc) is 2.94. The van der Waals surface area contributed by atoms with Crippen molar-refractivity contribution in [2.45, 2.75) is 32.2 Å². The largest absolute Gasteiger partial charge is 0.329 e. The lowest BCUT2D eigenvalue weighted by Gasteiger charge is -2.38. The molecule has 1 amide bonds. The first-order valence-corrected chi connectivity index (χ1v) is 8.27. The molecule has 2 rings (SSSR count). The number of nitrogens with zero attached hydrogens (tertiary/aromatic N) is 2. The molecule has 2 atom stereocenters. The summed E-state index contributed by atoms with van der Waals surface area (Å²) in [6.45, 7) is 4.07. The van der Waals surface area contributed by atoms with E-state index in [4.69, 9.17) is 11.0 Å². The first kappa shape index (κ1) is 16.0. The number of hydrogen-bond donors (Lipinski definition) is 2. The van der Waals surface area contributed by atoms with E-state index < -0.39 is 0 Å². The maximum atomic E-state index is 12.2. The van der Waals surface area contributed by atoms with Gasteiger partial charge in [-0.25, -0.2) is 0 Å². The highest BCUT2D eigenvalue weighted by molar-refractivity contribution is 7.14. The summed E-state index contributed by atoms with van der Waals surface area (Å²) in [6, 6.07) is 4.08. The van der Waals surface area contributed by atoms with Crippen LogP contribution >= 0.6 is 11.3 Å². The molecule has 0 bridgehead atoms. The monoisotopic (exact) mass is 306 g/mol. The van der Waals surface area contributed by atoms with Crippen LogP contribution in [0.15, 0.2) is 11.4 Å². The Morgan fingerprint density at radius 3 is 3.14 bits per heavy atom. The van der Waals surface area contributed by atoms with Gasteiger partial charge in [0.1, 0.15) is 11.1 Å². The molecule has 2 unspecified atom stereocenters. The molecule has 21 heavy (non-hydrogen) atoms. The van der Waals surface area contributed by atoms with Gasteiger partial charge in [0.25, 0.3) is 0 Å². The number of hydrogen-bond acceptors (Lipinski definition) is 5. The number of piperidine rings is 1. The number of nitriles is 1. The molecule has 1 aliphatic rings. The van der Waals surface area contributed by atoms with Crippen molar-refractivity contribution in [3.8, 4) is 6.07 Å². The van der Waals surface area contributed by atoms with Gasteiger partial charge in [-0.05, 0) is 36.8 Å². The lowest BCUT2D eigenvalue weighted by Crippen LogP contribution is -2.49. The third-order valence-electron chi connectivity index (χ3n) is 4.18. The summed E-state index contributed by atoms with van der Waals surface area (Å²) in [4.78, 5) is 14.3. The van der Waals surface area contributed by atoms with Gasteiger partial charge in [0.15, 0.2) is 0 Å². The van der Waals surface area contributed by atoms with Crippen molar-refractivity contribution in [3.63, 3.8) is 0 Å². The zero-order chi connectivity index (χ0) is 15.2. The third-order valence-corrected chi connectivity index (χ3v) is 5.01. The summed E-state index contributed by atoms with van der Waals surface area (Å²) >= 11 is 1.38. The van der Waals surface area contributed by atoms with Crippen LogP contribution < -0.4 is 11.1 Å². The number of carbonyl (C=O) groups is 1. The Balaban J connectivity index is 1.91. The molecule has 114 valence electrons. The highest BCUT2D eigenvalue weighted by atomic mass is 32.1. The minimum absolute atomic E-state index is 0.0673. The molecule has 1 aromatic rings. The van der Waals surface area contributed by atoms with Gasteiger partial charge in [0.2, 0.25) is 5.91 Å². The van der Waals surface area contributed by atoms with Crippen molar-refractivity contribution in [2.24, 2.45) is 11.7 Å². The van der Waals surface area contributed by atoms with Crippen LogP contribution in [0.3, 0.4) is 0 Å². The predicted octanol–water partition coefficient (Wildman–Crippen LogP) is 2.01. The second kappa shape index (κ2) is 7.55. The van der Waals surface area contributed by atoms with Crippen LogP contribution in [0.4, 0.5) is 5.00 Å². The van der Waals surface area contributed by atoms with E-state index >= 15 is 0 Å². The number of anilines is 1. The Morgan fingerprint density at radius 1 is 1.67 bits per heavy atom.